The summed E-state index contributed by atoms with van der Waals surface area (Å²) in [5, 5.41) is 0. The van der Waals surface area contributed by atoms with Gasteiger partial charge in [-0.05, 0) is 40.8 Å². The van der Waals surface area contributed by atoms with Crippen LogP contribution in [0.25, 0.3) is 0 Å². The molecule has 0 bridgehead atoms. The van der Waals surface area contributed by atoms with Crippen molar-refractivity contribution in [3.63, 3.8) is 0 Å². The van der Waals surface area contributed by atoms with Crippen molar-refractivity contribution in [2.24, 2.45) is 5.92 Å². The zero-order valence-corrected chi connectivity index (χ0v) is 13.7. The third-order valence-electron chi connectivity index (χ3n) is 3.04. The molecule has 2 aromatic rings. The van der Waals surface area contributed by atoms with Crippen LogP contribution in [-0.2, 0) is 12.8 Å². The average Bonchev–Trinajstić information content (AvgIpc) is 2.35. The first kappa shape index (κ1) is 15.0. The van der Waals surface area contributed by atoms with E-state index in [2.05, 4.69) is 70.9 Å². The van der Waals surface area contributed by atoms with Crippen molar-refractivity contribution < 1.29 is 0 Å². The molecule has 0 amide bonds. The smallest absolute Gasteiger partial charge is 0.141 e. The van der Waals surface area contributed by atoms with Gasteiger partial charge in [-0.1, -0.05) is 43.7 Å². The topological polar surface area (TPSA) is 51.8 Å². The average molecular weight is 334 g/mol. The highest BCUT2D eigenvalue weighted by Gasteiger charge is 2.12. The van der Waals surface area contributed by atoms with Gasteiger partial charge in [0.1, 0.15) is 11.6 Å². The monoisotopic (exact) mass is 333 g/mol. The molecule has 4 heteroatoms. The maximum atomic E-state index is 5.98. The van der Waals surface area contributed by atoms with Gasteiger partial charge in [-0.15, -0.1) is 0 Å². The summed E-state index contributed by atoms with van der Waals surface area (Å²) in [6, 6.07) is 8.40. The van der Waals surface area contributed by atoms with Crippen molar-refractivity contribution in [1.82, 2.24) is 9.97 Å². The summed E-state index contributed by atoms with van der Waals surface area (Å²) >= 11 is 3.49. The second kappa shape index (κ2) is 6.35. The zero-order chi connectivity index (χ0) is 14.7. The second-order valence-corrected chi connectivity index (χ2v) is 6.34. The Balaban J connectivity index is 2.30. The zero-order valence-electron chi connectivity index (χ0n) is 12.2. The summed E-state index contributed by atoms with van der Waals surface area (Å²) < 4.78 is 0.833. The molecule has 0 aliphatic rings. The largest absolute Gasteiger partial charge is 0.383 e. The van der Waals surface area contributed by atoms with Crippen LogP contribution in [0.4, 0.5) is 5.82 Å². The molecule has 20 heavy (non-hydrogen) atoms. The SMILES string of the molecule is Cc1cccc(Cc2nc(N)c(Br)c(CC(C)C)n2)c1. The van der Waals surface area contributed by atoms with Gasteiger partial charge in [0.15, 0.2) is 0 Å². The van der Waals surface area contributed by atoms with E-state index in [1.165, 1.54) is 11.1 Å². The van der Waals surface area contributed by atoms with Crippen LogP contribution in [0.2, 0.25) is 0 Å². The molecule has 0 aliphatic heterocycles. The lowest BCUT2D eigenvalue weighted by Crippen LogP contribution is -2.08. The Morgan fingerprint density at radius 3 is 2.65 bits per heavy atom. The van der Waals surface area contributed by atoms with Crippen LogP contribution < -0.4 is 5.73 Å². The molecule has 0 aliphatic carbocycles. The molecule has 0 fully saturated rings. The minimum Gasteiger partial charge on any atom is -0.383 e. The van der Waals surface area contributed by atoms with Crippen LogP contribution in [0.15, 0.2) is 28.7 Å². The Kier molecular flexibility index (Phi) is 4.76. The molecule has 106 valence electrons. The summed E-state index contributed by atoms with van der Waals surface area (Å²) in [6.07, 6.45) is 1.61. The first-order valence-corrected chi connectivity index (χ1v) is 7.61. The number of aromatic nitrogens is 2. The molecule has 0 spiro atoms. The fourth-order valence-corrected chi connectivity index (χ4v) is 2.51. The third kappa shape index (κ3) is 3.79. The quantitative estimate of drug-likeness (QED) is 0.922. The number of rotatable bonds is 4. The first-order chi connectivity index (χ1) is 9.45. The van der Waals surface area contributed by atoms with Crippen LogP contribution in [0.1, 0.15) is 36.5 Å². The highest BCUT2D eigenvalue weighted by molar-refractivity contribution is 9.10. The van der Waals surface area contributed by atoms with Crippen LogP contribution in [-0.4, -0.2) is 9.97 Å². The fourth-order valence-electron chi connectivity index (χ4n) is 2.17. The molecule has 0 saturated heterocycles. The highest BCUT2D eigenvalue weighted by Crippen LogP contribution is 2.24. The van der Waals surface area contributed by atoms with Gasteiger partial charge in [-0.2, -0.15) is 0 Å². The number of hydrogen-bond acceptors (Lipinski definition) is 3. The molecule has 0 unspecified atom stereocenters. The van der Waals surface area contributed by atoms with Gasteiger partial charge in [0.2, 0.25) is 0 Å². The number of nitrogens with zero attached hydrogens (tertiary/aromatic N) is 2. The molecule has 2 N–H and O–H groups in total. The lowest BCUT2D eigenvalue weighted by molar-refractivity contribution is 0.629. The number of benzene rings is 1. The number of anilines is 1. The van der Waals surface area contributed by atoms with E-state index in [1.54, 1.807) is 0 Å². The van der Waals surface area contributed by atoms with Crippen molar-refractivity contribution >= 4 is 21.7 Å². The van der Waals surface area contributed by atoms with Gasteiger partial charge in [-0.25, -0.2) is 9.97 Å². The van der Waals surface area contributed by atoms with E-state index in [4.69, 9.17) is 5.73 Å². The van der Waals surface area contributed by atoms with Crippen LogP contribution in [0, 0.1) is 12.8 Å². The minimum atomic E-state index is 0.526. The third-order valence-corrected chi connectivity index (χ3v) is 3.90. The predicted octanol–water partition coefficient (Wildman–Crippen LogP) is 3.92. The molecular weight excluding hydrogens is 314 g/mol. The van der Waals surface area contributed by atoms with Gasteiger partial charge >= 0.3 is 0 Å². The molecule has 1 aromatic heterocycles. The van der Waals surface area contributed by atoms with E-state index in [0.717, 1.165) is 22.4 Å². The number of nitrogen functional groups attached to an aromatic ring is 1. The van der Waals surface area contributed by atoms with Gasteiger partial charge in [0.25, 0.3) is 0 Å². The van der Waals surface area contributed by atoms with Gasteiger partial charge in [0.05, 0.1) is 10.2 Å². The number of halogens is 1. The number of aryl methyl sites for hydroxylation is 1. The molecule has 0 saturated carbocycles. The summed E-state index contributed by atoms with van der Waals surface area (Å²) in [7, 11) is 0. The summed E-state index contributed by atoms with van der Waals surface area (Å²) in [6.45, 7) is 6.43. The normalized spacial score (nSPS) is 11.1. The second-order valence-electron chi connectivity index (χ2n) is 5.55. The lowest BCUT2D eigenvalue weighted by atomic mass is 10.1. The van der Waals surface area contributed by atoms with Crippen molar-refractivity contribution in [2.75, 3.05) is 5.73 Å². The van der Waals surface area contributed by atoms with E-state index < -0.39 is 0 Å². The molecule has 2 rings (SSSR count). The molecule has 3 nitrogen and oxygen atoms in total. The Bertz CT molecular complexity index is 609. The van der Waals surface area contributed by atoms with Crippen molar-refractivity contribution in [1.29, 1.82) is 0 Å². The first-order valence-electron chi connectivity index (χ1n) is 6.82. The van der Waals surface area contributed by atoms with Crippen LogP contribution in [0.3, 0.4) is 0 Å². The Labute approximate surface area is 128 Å². The fraction of sp³-hybridized carbons (Fsp3) is 0.375. The number of hydrogen-bond donors (Lipinski definition) is 1. The van der Waals surface area contributed by atoms with Crippen molar-refractivity contribution in [3.8, 4) is 0 Å². The molecule has 0 atom stereocenters. The van der Waals surface area contributed by atoms with Gasteiger partial charge < -0.3 is 5.73 Å². The molecule has 0 radical (unpaired) electrons. The summed E-state index contributed by atoms with van der Waals surface area (Å²) in [5.74, 6) is 1.85. The summed E-state index contributed by atoms with van der Waals surface area (Å²) in [5.41, 5.74) is 9.43. The van der Waals surface area contributed by atoms with E-state index in [1.807, 2.05) is 0 Å². The van der Waals surface area contributed by atoms with Gasteiger partial charge in [0, 0.05) is 6.42 Å². The van der Waals surface area contributed by atoms with E-state index in [-0.39, 0.29) is 0 Å². The van der Waals surface area contributed by atoms with Crippen molar-refractivity contribution in [2.45, 2.75) is 33.6 Å². The standard InChI is InChI=1S/C16H20BrN3/c1-10(2)7-13-15(17)16(18)20-14(19-13)9-12-6-4-5-11(3)8-12/h4-6,8,10H,7,9H2,1-3H3,(H2,18,19,20). The maximum Gasteiger partial charge on any atom is 0.141 e. The Morgan fingerprint density at radius 1 is 1.25 bits per heavy atom. The van der Waals surface area contributed by atoms with Crippen molar-refractivity contribution in [3.05, 3.63) is 51.4 Å². The van der Waals surface area contributed by atoms with Crippen LogP contribution in [0.5, 0.6) is 0 Å². The van der Waals surface area contributed by atoms with E-state index >= 15 is 0 Å². The lowest BCUT2D eigenvalue weighted by Gasteiger charge is -2.11. The number of nitrogens with two attached hydrogens (primary N) is 1. The van der Waals surface area contributed by atoms with E-state index in [9.17, 15) is 0 Å². The van der Waals surface area contributed by atoms with Crippen LogP contribution >= 0.6 is 15.9 Å². The molecule has 1 heterocycles. The Hall–Kier alpha value is -1.42. The summed E-state index contributed by atoms with van der Waals surface area (Å²) in [4.78, 5) is 9.05. The van der Waals surface area contributed by atoms with E-state index in [0.29, 0.717) is 18.2 Å². The minimum absolute atomic E-state index is 0.526. The molecular formula is C16H20BrN3. The highest BCUT2D eigenvalue weighted by atomic mass is 79.9. The van der Waals surface area contributed by atoms with Gasteiger partial charge in [-0.3, -0.25) is 0 Å². The maximum absolute atomic E-state index is 5.98. The predicted molar refractivity (Wildman–Crippen MR) is 86.7 cm³/mol. The Morgan fingerprint density at radius 2 is 2.00 bits per heavy atom. The molecule has 1 aromatic carbocycles.